The van der Waals surface area contributed by atoms with Crippen LogP contribution in [-0.4, -0.2) is 42.1 Å². The van der Waals surface area contributed by atoms with Crippen molar-refractivity contribution in [2.24, 2.45) is 0 Å². The van der Waals surface area contributed by atoms with Crippen molar-refractivity contribution in [1.29, 1.82) is 0 Å². The van der Waals surface area contributed by atoms with Crippen molar-refractivity contribution in [2.75, 3.05) is 37.5 Å². The van der Waals surface area contributed by atoms with E-state index in [4.69, 9.17) is 14.5 Å². The standard InChI is InChI=1S/C38H41N5O4/c1-27-22-30(10-15-31(27)26-41-20-6-7-21-41)23-39-36-34-8-4-5-9-35(34)40-38(37(36)43(44)45)42(24-28-11-16-32(46-2)17-12-28)25-29-13-18-33(47-3)19-14-29/h4-5,8-19,22H,6-7,20-21,23-26H2,1-3H3,(H,39,40). The van der Waals surface area contributed by atoms with Gasteiger partial charge in [-0.3, -0.25) is 15.0 Å². The third-order valence-corrected chi connectivity index (χ3v) is 8.86. The van der Waals surface area contributed by atoms with Crippen LogP contribution in [0, 0.1) is 17.0 Å². The second kappa shape index (κ2) is 14.5. The minimum atomic E-state index is -0.309. The number of methoxy groups -OCH3 is 2. The molecule has 1 fully saturated rings. The first-order valence-electron chi connectivity index (χ1n) is 16.0. The zero-order valence-electron chi connectivity index (χ0n) is 27.2. The number of anilines is 2. The maximum atomic E-state index is 13.0. The molecule has 6 rings (SSSR count). The number of para-hydroxylation sites is 1. The van der Waals surface area contributed by atoms with Crippen molar-refractivity contribution < 1.29 is 14.4 Å². The molecule has 0 atom stereocenters. The Kier molecular flexibility index (Phi) is 9.83. The van der Waals surface area contributed by atoms with Crippen LogP contribution in [0.4, 0.5) is 17.2 Å². The van der Waals surface area contributed by atoms with Gasteiger partial charge in [-0.25, -0.2) is 4.98 Å². The van der Waals surface area contributed by atoms with E-state index in [-0.39, 0.29) is 10.6 Å². The fourth-order valence-corrected chi connectivity index (χ4v) is 6.29. The van der Waals surface area contributed by atoms with Crippen molar-refractivity contribution in [3.63, 3.8) is 0 Å². The highest BCUT2D eigenvalue weighted by Crippen LogP contribution is 2.41. The number of ether oxygens (including phenoxy) is 2. The second-order valence-electron chi connectivity index (χ2n) is 12.1. The molecule has 1 saturated heterocycles. The summed E-state index contributed by atoms with van der Waals surface area (Å²) in [4.78, 5) is 22.1. The number of nitrogens with one attached hydrogen (secondary N) is 1. The number of fused-ring (bicyclic) bond motifs is 1. The fraction of sp³-hybridized carbons (Fsp3) is 0.289. The first-order chi connectivity index (χ1) is 22.9. The van der Waals surface area contributed by atoms with Gasteiger partial charge in [-0.05, 0) is 91.0 Å². The Labute approximate surface area is 275 Å². The lowest BCUT2D eigenvalue weighted by molar-refractivity contribution is -0.383. The summed E-state index contributed by atoms with van der Waals surface area (Å²) in [5, 5.41) is 17.2. The molecule has 0 saturated carbocycles. The number of nitro groups is 1. The molecule has 47 heavy (non-hydrogen) atoms. The van der Waals surface area contributed by atoms with Crippen molar-refractivity contribution in [3.05, 3.63) is 129 Å². The number of pyridine rings is 1. The smallest absolute Gasteiger partial charge is 0.335 e. The largest absolute Gasteiger partial charge is 0.497 e. The summed E-state index contributed by atoms with van der Waals surface area (Å²) in [6.45, 7) is 6.65. The van der Waals surface area contributed by atoms with Gasteiger partial charge in [0.2, 0.25) is 5.82 Å². The van der Waals surface area contributed by atoms with Gasteiger partial charge in [0.05, 0.1) is 24.7 Å². The Morgan fingerprint density at radius 1 is 0.851 bits per heavy atom. The predicted octanol–water partition coefficient (Wildman–Crippen LogP) is 7.88. The molecule has 1 aliphatic heterocycles. The van der Waals surface area contributed by atoms with Crippen LogP contribution in [0.5, 0.6) is 11.5 Å². The summed E-state index contributed by atoms with van der Waals surface area (Å²) in [6.07, 6.45) is 2.53. The minimum absolute atomic E-state index is 0.0481. The van der Waals surface area contributed by atoms with E-state index in [0.29, 0.717) is 42.0 Å². The molecule has 4 aromatic carbocycles. The summed E-state index contributed by atoms with van der Waals surface area (Å²) in [6, 6.07) is 29.6. The number of hydrogen-bond acceptors (Lipinski definition) is 8. The Morgan fingerprint density at radius 3 is 2.02 bits per heavy atom. The topological polar surface area (TPSA) is 93.0 Å². The van der Waals surface area contributed by atoms with Crippen molar-refractivity contribution in [2.45, 2.75) is 45.9 Å². The molecule has 9 heteroatoms. The summed E-state index contributed by atoms with van der Waals surface area (Å²) in [5.41, 5.74) is 6.67. The molecule has 1 aliphatic rings. The first-order valence-corrected chi connectivity index (χ1v) is 16.0. The lowest BCUT2D eigenvalue weighted by Crippen LogP contribution is -2.25. The summed E-state index contributed by atoms with van der Waals surface area (Å²) in [5.74, 6) is 1.80. The number of benzene rings is 4. The zero-order valence-corrected chi connectivity index (χ0v) is 27.2. The maximum Gasteiger partial charge on any atom is 0.335 e. The number of aryl methyl sites for hydroxylation is 1. The van der Waals surface area contributed by atoms with E-state index < -0.39 is 0 Å². The molecule has 242 valence electrons. The predicted molar refractivity (Wildman–Crippen MR) is 187 cm³/mol. The van der Waals surface area contributed by atoms with Gasteiger partial charge in [0, 0.05) is 31.6 Å². The normalized spacial score (nSPS) is 13.1. The van der Waals surface area contributed by atoms with E-state index in [0.717, 1.165) is 47.8 Å². The molecule has 0 spiro atoms. The fourth-order valence-electron chi connectivity index (χ4n) is 6.29. The molecule has 1 N–H and O–H groups in total. The lowest BCUT2D eigenvalue weighted by atomic mass is 10.0. The van der Waals surface area contributed by atoms with Crippen molar-refractivity contribution >= 4 is 28.1 Å². The van der Waals surface area contributed by atoms with E-state index in [2.05, 4.69) is 35.3 Å². The number of rotatable bonds is 13. The van der Waals surface area contributed by atoms with Crippen molar-refractivity contribution in [1.82, 2.24) is 9.88 Å². The van der Waals surface area contributed by atoms with Crippen LogP contribution in [-0.2, 0) is 26.2 Å². The highest BCUT2D eigenvalue weighted by Gasteiger charge is 2.29. The zero-order chi connectivity index (χ0) is 32.8. The highest BCUT2D eigenvalue weighted by atomic mass is 16.6. The number of likely N-dealkylation sites (tertiary alicyclic amines) is 1. The Hall–Kier alpha value is -5.15. The Bertz CT molecular complexity index is 1790. The monoisotopic (exact) mass is 631 g/mol. The van der Waals surface area contributed by atoms with Crippen molar-refractivity contribution in [3.8, 4) is 11.5 Å². The van der Waals surface area contributed by atoms with Gasteiger partial charge in [0.1, 0.15) is 17.2 Å². The molecule has 0 bridgehead atoms. The van der Waals surface area contributed by atoms with Crippen LogP contribution in [0.3, 0.4) is 0 Å². The SMILES string of the molecule is COc1ccc(CN(Cc2ccc(OC)cc2)c2nc3ccccc3c(NCc3ccc(CN4CCCC4)c(C)c3)c2[N+](=O)[O-])cc1. The Morgan fingerprint density at radius 2 is 1.45 bits per heavy atom. The average molecular weight is 632 g/mol. The van der Waals surface area contributed by atoms with Crippen LogP contribution >= 0.6 is 0 Å². The minimum Gasteiger partial charge on any atom is -0.497 e. The molecule has 0 aliphatic carbocycles. The van der Waals surface area contributed by atoms with Crippen LogP contribution in [0.2, 0.25) is 0 Å². The third-order valence-electron chi connectivity index (χ3n) is 8.86. The second-order valence-corrected chi connectivity index (χ2v) is 12.1. The van der Waals surface area contributed by atoms with Gasteiger partial charge in [-0.2, -0.15) is 0 Å². The third kappa shape index (κ3) is 7.47. The first kappa shape index (κ1) is 31.8. The van der Waals surface area contributed by atoms with E-state index in [9.17, 15) is 10.1 Å². The number of nitrogens with zero attached hydrogens (tertiary/aromatic N) is 4. The summed E-state index contributed by atoms with van der Waals surface area (Å²) < 4.78 is 10.7. The molecule has 1 aromatic heterocycles. The van der Waals surface area contributed by atoms with Gasteiger partial charge in [0.25, 0.3) is 0 Å². The average Bonchev–Trinajstić information content (AvgIpc) is 3.61. The van der Waals surface area contributed by atoms with E-state index in [1.165, 1.54) is 24.0 Å². The maximum absolute atomic E-state index is 13.0. The van der Waals surface area contributed by atoms with Gasteiger partial charge in [-0.15, -0.1) is 0 Å². The number of hydrogen-bond donors (Lipinski definition) is 1. The number of aromatic nitrogens is 1. The Balaban J connectivity index is 1.38. The van der Waals surface area contributed by atoms with E-state index in [1.807, 2.05) is 77.7 Å². The van der Waals surface area contributed by atoms with Gasteiger partial charge in [0.15, 0.2) is 0 Å². The van der Waals surface area contributed by atoms with Crippen LogP contribution in [0.25, 0.3) is 10.9 Å². The lowest BCUT2D eigenvalue weighted by Gasteiger charge is -2.26. The van der Waals surface area contributed by atoms with Crippen LogP contribution < -0.4 is 19.7 Å². The van der Waals surface area contributed by atoms with Gasteiger partial charge < -0.3 is 19.7 Å². The molecule has 0 amide bonds. The molecular weight excluding hydrogens is 590 g/mol. The molecule has 2 heterocycles. The quantitative estimate of drug-likeness (QED) is 0.104. The highest BCUT2D eigenvalue weighted by molar-refractivity contribution is 5.99. The molecule has 9 nitrogen and oxygen atoms in total. The van der Waals surface area contributed by atoms with E-state index >= 15 is 0 Å². The summed E-state index contributed by atoms with van der Waals surface area (Å²) >= 11 is 0. The molecule has 5 aromatic rings. The van der Waals surface area contributed by atoms with Crippen LogP contribution in [0.1, 0.15) is 40.7 Å². The summed E-state index contributed by atoms with van der Waals surface area (Å²) in [7, 11) is 3.26. The molecule has 0 unspecified atom stereocenters. The molecular formula is C38H41N5O4. The molecule has 0 radical (unpaired) electrons. The van der Waals surface area contributed by atoms with E-state index in [1.54, 1.807) is 14.2 Å². The van der Waals surface area contributed by atoms with Gasteiger partial charge >= 0.3 is 5.69 Å². The van der Waals surface area contributed by atoms with Crippen LogP contribution in [0.15, 0.2) is 91.0 Å². The van der Waals surface area contributed by atoms with Gasteiger partial charge in [-0.1, -0.05) is 60.7 Å².